The molecule has 2 aliphatic rings. The summed E-state index contributed by atoms with van der Waals surface area (Å²) in [6, 6.07) is 0. The van der Waals surface area contributed by atoms with Gasteiger partial charge < -0.3 is 0 Å². The van der Waals surface area contributed by atoms with Crippen molar-refractivity contribution in [3.05, 3.63) is 35.2 Å². The van der Waals surface area contributed by atoms with Gasteiger partial charge in [0.05, 0.1) is 22.5 Å². The Hall–Kier alpha value is -1.65. The van der Waals surface area contributed by atoms with Crippen molar-refractivity contribution in [2.45, 2.75) is 37.9 Å². The number of aryl methyl sites for hydroxylation is 3. The van der Waals surface area contributed by atoms with Crippen LogP contribution >= 0.6 is 11.9 Å². The summed E-state index contributed by atoms with van der Waals surface area (Å²) in [6.07, 6.45) is -0.129. The van der Waals surface area contributed by atoms with Crippen LogP contribution in [0.3, 0.4) is 0 Å². The minimum absolute atomic E-state index is 0.308. The van der Waals surface area contributed by atoms with Gasteiger partial charge in [0, 0.05) is 56.9 Å². The fraction of sp³-hybridized carbons (Fsp3) is 0.611. The molecule has 0 aliphatic carbocycles. The van der Waals surface area contributed by atoms with Crippen molar-refractivity contribution in [3.63, 3.8) is 0 Å². The van der Waals surface area contributed by atoms with E-state index in [1.54, 1.807) is 6.92 Å². The van der Waals surface area contributed by atoms with Gasteiger partial charge in [0.15, 0.2) is 0 Å². The topological polar surface area (TPSA) is 50.1 Å². The first-order valence-electron chi connectivity index (χ1n) is 9.25. The maximum Gasteiger partial charge on any atom is 0.451 e. The molecule has 0 radical (unpaired) electrons. The molecule has 0 amide bonds. The Kier molecular flexibility index (Phi) is 4.91. The van der Waals surface area contributed by atoms with Gasteiger partial charge in [-0.25, -0.2) is 14.3 Å². The summed E-state index contributed by atoms with van der Waals surface area (Å²) in [4.78, 5) is 10.6. The highest BCUT2D eigenvalue weighted by atomic mass is 32.2. The number of nitrogens with zero attached hydrogens (tertiary/aromatic N) is 6. The largest absolute Gasteiger partial charge is 0.451 e. The summed E-state index contributed by atoms with van der Waals surface area (Å²) in [7, 11) is 1.92. The van der Waals surface area contributed by atoms with Crippen LogP contribution in [0.2, 0.25) is 0 Å². The highest BCUT2D eigenvalue weighted by molar-refractivity contribution is 7.97. The van der Waals surface area contributed by atoms with Crippen LogP contribution in [0.4, 0.5) is 13.2 Å². The van der Waals surface area contributed by atoms with Gasteiger partial charge in [-0.15, -0.1) is 0 Å². The number of halogens is 3. The molecular formula is C18H23F3N6S. The van der Waals surface area contributed by atoms with Gasteiger partial charge in [-0.1, -0.05) is 6.92 Å². The summed E-state index contributed by atoms with van der Waals surface area (Å²) in [6.45, 7) is 8.33. The van der Waals surface area contributed by atoms with Crippen LogP contribution in [0.5, 0.6) is 0 Å². The molecule has 0 atom stereocenters. The monoisotopic (exact) mass is 412 g/mol. The maximum absolute atomic E-state index is 13.0. The number of alkyl halides is 3. The Morgan fingerprint density at radius 1 is 1.18 bits per heavy atom. The van der Waals surface area contributed by atoms with Crippen LogP contribution in [-0.4, -0.2) is 55.1 Å². The molecule has 152 valence electrons. The molecule has 0 unspecified atom stereocenters. The number of hydrogen-bond donors (Lipinski definition) is 0. The molecular weight excluding hydrogens is 389 g/mol. The van der Waals surface area contributed by atoms with Gasteiger partial charge in [0.25, 0.3) is 0 Å². The summed E-state index contributed by atoms with van der Waals surface area (Å²) < 4.78 is 42.9. The van der Waals surface area contributed by atoms with Crippen LogP contribution < -0.4 is 0 Å². The van der Waals surface area contributed by atoms with Gasteiger partial charge in [-0.05, 0) is 25.3 Å². The minimum Gasteiger partial charge on any atom is -0.298 e. The molecule has 2 saturated heterocycles. The fourth-order valence-electron chi connectivity index (χ4n) is 4.03. The number of aromatic nitrogens is 4. The molecule has 0 bridgehead atoms. The molecule has 0 N–H and O–H groups in total. The van der Waals surface area contributed by atoms with E-state index < -0.39 is 12.0 Å². The third kappa shape index (κ3) is 3.77. The van der Waals surface area contributed by atoms with Gasteiger partial charge in [-0.3, -0.25) is 9.58 Å². The van der Waals surface area contributed by atoms with E-state index in [1.165, 1.54) is 17.5 Å². The first kappa shape index (κ1) is 19.7. The van der Waals surface area contributed by atoms with Crippen LogP contribution in [0.25, 0.3) is 0 Å². The number of rotatable bonds is 5. The van der Waals surface area contributed by atoms with Crippen molar-refractivity contribution in [2.24, 2.45) is 12.5 Å². The molecule has 10 heteroatoms. The Bertz CT molecular complexity index is 867. The molecule has 0 saturated carbocycles. The molecule has 2 aromatic heterocycles. The first-order chi connectivity index (χ1) is 13.2. The standard InChI is InChI=1S/C18H23F3N6S/c1-4-14-15(12(2)23-16(24-14)18(19,20)21)28-27-10-17(11-27)8-26(9-17)7-13-5-22-25(3)6-13/h5-6H,4,7-11H2,1-3H3. The third-order valence-corrected chi connectivity index (χ3v) is 6.45. The molecule has 2 aliphatic heterocycles. The molecule has 0 aromatic carbocycles. The van der Waals surface area contributed by atoms with Crippen LogP contribution in [-0.2, 0) is 26.2 Å². The quantitative estimate of drug-likeness (QED) is 0.704. The number of hydrogen-bond acceptors (Lipinski definition) is 6. The molecule has 4 rings (SSSR count). The average Bonchev–Trinajstić information content (AvgIpc) is 2.96. The highest BCUT2D eigenvalue weighted by Crippen LogP contribution is 2.45. The average molecular weight is 412 g/mol. The molecule has 1 spiro atoms. The lowest BCUT2D eigenvalue weighted by Gasteiger charge is -2.60. The summed E-state index contributed by atoms with van der Waals surface area (Å²) in [5, 5.41) is 4.20. The Morgan fingerprint density at radius 3 is 2.46 bits per heavy atom. The van der Waals surface area contributed by atoms with Crippen molar-refractivity contribution in [3.8, 4) is 0 Å². The van der Waals surface area contributed by atoms with Crippen LogP contribution in [0, 0.1) is 12.3 Å². The van der Waals surface area contributed by atoms with Crippen molar-refractivity contribution in [2.75, 3.05) is 26.2 Å². The predicted molar refractivity (Wildman–Crippen MR) is 99.5 cm³/mol. The van der Waals surface area contributed by atoms with Crippen molar-refractivity contribution in [1.29, 1.82) is 0 Å². The van der Waals surface area contributed by atoms with Crippen molar-refractivity contribution in [1.82, 2.24) is 29.0 Å². The normalized spacial score (nSPS) is 19.6. The second-order valence-electron chi connectivity index (χ2n) is 7.82. The second-order valence-corrected chi connectivity index (χ2v) is 8.92. The van der Waals surface area contributed by atoms with Gasteiger partial charge >= 0.3 is 6.18 Å². The van der Waals surface area contributed by atoms with Crippen LogP contribution in [0.15, 0.2) is 17.3 Å². The molecule has 4 heterocycles. The summed E-state index contributed by atoms with van der Waals surface area (Å²) in [5.74, 6) is -1.05. The maximum atomic E-state index is 13.0. The van der Waals surface area contributed by atoms with E-state index >= 15 is 0 Å². The zero-order valence-corrected chi connectivity index (χ0v) is 16.9. The molecule has 2 fully saturated rings. The van der Waals surface area contributed by atoms with E-state index in [0.29, 0.717) is 23.2 Å². The van der Waals surface area contributed by atoms with Crippen molar-refractivity contribution >= 4 is 11.9 Å². The molecule has 28 heavy (non-hydrogen) atoms. The van der Waals surface area contributed by atoms with Crippen LogP contribution in [0.1, 0.15) is 29.7 Å². The zero-order chi connectivity index (χ0) is 20.1. The van der Waals surface area contributed by atoms with Gasteiger partial charge in [0.1, 0.15) is 0 Å². The van der Waals surface area contributed by atoms with Gasteiger partial charge in [0.2, 0.25) is 5.82 Å². The Morgan fingerprint density at radius 2 is 1.89 bits per heavy atom. The molecule has 6 nitrogen and oxygen atoms in total. The SMILES string of the molecule is CCc1nc(C(F)(F)F)nc(C)c1SN1CC2(CN(Cc3cnn(C)c3)C2)C1. The summed E-state index contributed by atoms with van der Waals surface area (Å²) in [5.41, 5.74) is 2.39. The third-order valence-electron chi connectivity index (χ3n) is 5.22. The van der Waals surface area contributed by atoms with Gasteiger partial charge in [-0.2, -0.15) is 18.3 Å². The molecule has 2 aromatic rings. The first-order valence-corrected chi connectivity index (χ1v) is 10.0. The number of likely N-dealkylation sites (tertiary alicyclic amines) is 1. The lowest BCUT2D eigenvalue weighted by atomic mass is 9.74. The zero-order valence-electron chi connectivity index (χ0n) is 16.1. The fourth-order valence-corrected chi connectivity index (χ4v) is 5.44. The van der Waals surface area contributed by atoms with E-state index in [4.69, 9.17) is 0 Å². The van der Waals surface area contributed by atoms with E-state index in [1.807, 2.05) is 31.0 Å². The smallest absolute Gasteiger partial charge is 0.298 e. The predicted octanol–water partition coefficient (Wildman–Crippen LogP) is 2.92. The van der Waals surface area contributed by atoms with E-state index in [9.17, 15) is 13.2 Å². The lowest BCUT2D eigenvalue weighted by Crippen LogP contribution is -2.70. The van der Waals surface area contributed by atoms with Crippen molar-refractivity contribution < 1.29 is 13.2 Å². The van der Waals surface area contributed by atoms with E-state index in [-0.39, 0.29) is 0 Å². The van der Waals surface area contributed by atoms with E-state index in [0.717, 1.165) is 37.6 Å². The van der Waals surface area contributed by atoms with E-state index in [2.05, 4.69) is 24.3 Å². The second kappa shape index (κ2) is 7.00. The summed E-state index contributed by atoms with van der Waals surface area (Å²) >= 11 is 1.50. The minimum atomic E-state index is -4.51. The lowest BCUT2D eigenvalue weighted by molar-refractivity contribution is -0.145. The highest BCUT2D eigenvalue weighted by Gasteiger charge is 2.52. The Balaban J connectivity index is 1.34. The Labute approximate surface area is 166 Å².